The van der Waals surface area contributed by atoms with E-state index in [4.69, 9.17) is 27.9 Å². The molecular formula is C28H25Cl2N3O6S2. The van der Waals surface area contributed by atoms with Crippen molar-refractivity contribution in [2.75, 3.05) is 27.5 Å². The number of rotatable bonds is 11. The summed E-state index contributed by atoms with van der Waals surface area (Å²) >= 11 is 11.8. The van der Waals surface area contributed by atoms with Gasteiger partial charge in [0.1, 0.15) is 12.3 Å². The molecule has 0 heterocycles. The van der Waals surface area contributed by atoms with E-state index in [0.29, 0.717) is 28.1 Å². The summed E-state index contributed by atoms with van der Waals surface area (Å²) in [5.41, 5.74) is 0.854. The first-order valence-corrected chi connectivity index (χ1v) is 15.9. The normalized spacial score (nSPS) is 11.5. The summed E-state index contributed by atoms with van der Waals surface area (Å²) in [5, 5.41) is 3.45. The minimum atomic E-state index is -4.16. The Bertz CT molecular complexity index is 1710. The van der Waals surface area contributed by atoms with E-state index >= 15 is 0 Å². The molecule has 0 bridgehead atoms. The van der Waals surface area contributed by atoms with Crippen molar-refractivity contribution in [2.45, 2.75) is 16.7 Å². The first-order valence-electron chi connectivity index (χ1n) is 12.2. The lowest BCUT2D eigenvalue weighted by Crippen LogP contribution is -2.38. The molecule has 2 N–H and O–H groups in total. The minimum Gasteiger partial charge on any atom is -0.494 e. The van der Waals surface area contributed by atoms with E-state index in [9.17, 15) is 21.6 Å². The molecule has 0 unspecified atom stereocenters. The molecule has 0 radical (unpaired) electrons. The smallest absolute Gasteiger partial charge is 0.264 e. The van der Waals surface area contributed by atoms with E-state index in [2.05, 4.69) is 10.0 Å². The van der Waals surface area contributed by atoms with Crippen LogP contribution in [0.2, 0.25) is 10.0 Å². The number of halogens is 2. The third-order valence-corrected chi connectivity index (χ3v) is 9.36. The molecule has 1 amide bonds. The molecule has 0 aromatic heterocycles. The second-order valence-electron chi connectivity index (χ2n) is 8.58. The van der Waals surface area contributed by atoms with Crippen LogP contribution in [0.4, 0.5) is 17.1 Å². The lowest BCUT2D eigenvalue weighted by Gasteiger charge is -2.24. The Morgan fingerprint density at radius 2 is 1.24 bits per heavy atom. The number of anilines is 3. The zero-order valence-corrected chi connectivity index (χ0v) is 24.8. The largest absolute Gasteiger partial charge is 0.494 e. The van der Waals surface area contributed by atoms with E-state index in [0.717, 1.165) is 4.31 Å². The molecule has 9 nitrogen and oxygen atoms in total. The standard InChI is InChI=1S/C28H25Cl2N3O6S2/c1-2-39-25-13-11-24(12-14-25)33(41(37,38)27-15-5-21(30)6-16-27)19-28(34)31-22-9-17-26(18-10-22)40(35,36)32-23-7-3-20(29)4-8-23/h3-18,32H,2,19H2,1H3,(H,31,34). The SMILES string of the molecule is CCOc1ccc(N(CC(=O)Nc2ccc(S(=O)(=O)Nc3ccc(Cl)cc3)cc2)S(=O)(=O)c2ccc(Cl)cc2)cc1. The number of benzene rings is 4. The van der Waals surface area contributed by atoms with Gasteiger partial charge < -0.3 is 10.1 Å². The second kappa shape index (κ2) is 12.8. The second-order valence-corrected chi connectivity index (χ2v) is 13.0. The van der Waals surface area contributed by atoms with Crippen molar-refractivity contribution in [3.05, 3.63) is 107 Å². The van der Waals surface area contributed by atoms with Gasteiger partial charge in [-0.15, -0.1) is 0 Å². The number of hydrogen-bond donors (Lipinski definition) is 2. The van der Waals surface area contributed by atoms with E-state index in [1.165, 1.54) is 60.7 Å². The minimum absolute atomic E-state index is 0.0354. The fourth-order valence-corrected chi connectivity index (χ4v) is 6.44. The van der Waals surface area contributed by atoms with Gasteiger partial charge >= 0.3 is 0 Å². The highest BCUT2D eigenvalue weighted by Gasteiger charge is 2.27. The van der Waals surface area contributed by atoms with Gasteiger partial charge in [0.05, 0.1) is 22.1 Å². The van der Waals surface area contributed by atoms with Gasteiger partial charge in [0.25, 0.3) is 20.0 Å². The van der Waals surface area contributed by atoms with Gasteiger partial charge in [0, 0.05) is 21.4 Å². The molecule has 0 saturated carbocycles. The topological polar surface area (TPSA) is 122 Å². The van der Waals surface area contributed by atoms with E-state index in [1.54, 1.807) is 36.4 Å². The van der Waals surface area contributed by atoms with Crippen molar-refractivity contribution < 1.29 is 26.4 Å². The summed E-state index contributed by atoms with van der Waals surface area (Å²) in [6.45, 7) is 1.70. The zero-order chi connectivity index (χ0) is 29.6. The molecule has 4 aromatic carbocycles. The van der Waals surface area contributed by atoms with E-state index < -0.39 is 32.5 Å². The van der Waals surface area contributed by atoms with Gasteiger partial charge in [-0.1, -0.05) is 23.2 Å². The monoisotopic (exact) mass is 633 g/mol. The maximum atomic E-state index is 13.6. The number of sulfonamides is 2. The molecule has 0 aliphatic rings. The Morgan fingerprint density at radius 1 is 0.732 bits per heavy atom. The van der Waals surface area contributed by atoms with Crippen LogP contribution in [0.5, 0.6) is 5.75 Å². The third-order valence-electron chi connectivity index (χ3n) is 5.67. The number of nitrogens with zero attached hydrogens (tertiary/aromatic N) is 1. The van der Waals surface area contributed by atoms with Gasteiger partial charge in [-0.2, -0.15) is 0 Å². The number of ether oxygens (including phenoxy) is 1. The Labute approximate surface area is 248 Å². The molecule has 0 saturated heterocycles. The predicted octanol–water partition coefficient (Wildman–Crippen LogP) is 6.03. The van der Waals surface area contributed by atoms with Crippen LogP contribution in [0.25, 0.3) is 0 Å². The molecule has 0 fully saturated rings. The first kappa shape index (κ1) is 30.2. The van der Waals surface area contributed by atoms with Gasteiger partial charge in [0.15, 0.2) is 0 Å². The summed E-state index contributed by atoms with van der Waals surface area (Å²) in [5.74, 6) is -0.101. The summed E-state index contributed by atoms with van der Waals surface area (Å²) in [6.07, 6.45) is 0. The number of nitrogens with one attached hydrogen (secondary N) is 2. The quantitative estimate of drug-likeness (QED) is 0.208. The zero-order valence-electron chi connectivity index (χ0n) is 21.6. The molecule has 4 aromatic rings. The van der Waals surface area contributed by atoms with E-state index in [1.807, 2.05) is 6.92 Å². The summed E-state index contributed by atoms with van der Waals surface area (Å²) in [4.78, 5) is 13.0. The average molecular weight is 635 g/mol. The van der Waals surface area contributed by atoms with Crippen molar-refractivity contribution in [1.82, 2.24) is 0 Å². The molecule has 0 atom stereocenters. The van der Waals surface area contributed by atoms with Gasteiger partial charge in [-0.05, 0) is 104 Å². The Balaban J connectivity index is 1.53. The van der Waals surface area contributed by atoms with Crippen LogP contribution in [-0.4, -0.2) is 35.9 Å². The van der Waals surface area contributed by atoms with Crippen LogP contribution in [0.1, 0.15) is 6.92 Å². The lowest BCUT2D eigenvalue weighted by atomic mass is 10.3. The van der Waals surface area contributed by atoms with Crippen LogP contribution in [0, 0.1) is 0 Å². The maximum Gasteiger partial charge on any atom is 0.264 e. The Morgan fingerprint density at radius 3 is 1.80 bits per heavy atom. The van der Waals surface area contributed by atoms with Crippen LogP contribution in [0.15, 0.2) is 107 Å². The molecule has 0 spiro atoms. The molecule has 0 aliphatic carbocycles. The molecule has 41 heavy (non-hydrogen) atoms. The number of amides is 1. The molecule has 0 aliphatic heterocycles. The average Bonchev–Trinajstić information content (AvgIpc) is 2.94. The van der Waals surface area contributed by atoms with Gasteiger partial charge in [-0.3, -0.25) is 13.8 Å². The molecule has 4 rings (SSSR count). The van der Waals surface area contributed by atoms with Crippen molar-refractivity contribution in [3.63, 3.8) is 0 Å². The fraction of sp³-hybridized carbons (Fsp3) is 0.107. The van der Waals surface area contributed by atoms with Gasteiger partial charge in [-0.25, -0.2) is 16.8 Å². The summed E-state index contributed by atoms with van der Waals surface area (Å²) < 4.78 is 61.4. The maximum absolute atomic E-state index is 13.6. The third kappa shape index (κ3) is 7.70. The number of carbonyl (C=O) groups is 1. The lowest BCUT2D eigenvalue weighted by molar-refractivity contribution is -0.114. The van der Waals surface area contributed by atoms with Crippen LogP contribution >= 0.6 is 23.2 Å². The van der Waals surface area contributed by atoms with E-state index in [-0.39, 0.29) is 21.2 Å². The summed E-state index contributed by atoms with van der Waals surface area (Å²) in [6, 6.07) is 23.5. The molecular weight excluding hydrogens is 609 g/mol. The predicted molar refractivity (Wildman–Crippen MR) is 161 cm³/mol. The summed E-state index contributed by atoms with van der Waals surface area (Å²) in [7, 11) is -8.07. The Hall–Kier alpha value is -3.77. The van der Waals surface area contributed by atoms with Gasteiger partial charge in [0.2, 0.25) is 5.91 Å². The Kier molecular flexibility index (Phi) is 9.44. The highest BCUT2D eigenvalue weighted by Crippen LogP contribution is 2.27. The number of carbonyl (C=O) groups excluding carboxylic acids is 1. The van der Waals surface area contributed by atoms with Crippen molar-refractivity contribution >= 4 is 66.2 Å². The fourth-order valence-electron chi connectivity index (χ4n) is 3.70. The van der Waals surface area contributed by atoms with Crippen molar-refractivity contribution in [3.8, 4) is 5.75 Å². The first-order chi connectivity index (χ1) is 19.5. The van der Waals surface area contributed by atoms with Crippen LogP contribution in [0.3, 0.4) is 0 Å². The molecule has 214 valence electrons. The molecule has 13 heteroatoms. The van der Waals surface area contributed by atoms with Crippen molar-refractivity contribution in [1.29, 1.82) is 0 Å². The number of hydrogen-bond acceptors (Lipinski definition) is 6. The van der Waals surface area contributed by atoms with Crippen LogP contribution < -0.4 is 19.1 Å². The highest BCUT2D eigenvalue weighted by atomic mass is 35.5. The van der Waals surface area contributed by atoms with Crippen LogP contribution in [-0.2, 0) is 24.8 Å². The van der Waals surface area contributed by atoms with Crippen molar-refractivity contribution in [2.24, 2.45) is 0 Å². The highest BCUT2D eigenvalue weighted by molar-refractivity contribution is 7.93.